The van der Waals surface area contributed by atoms with Crippen LogP contribution in [0.25, 0.3) is 5.69 Å². The molecule has 3 aromatic rings. The van der Waals surface area contributed by atoms with E-state index < -0.39 is 0 Å². The van der Waals surface area contributed by atoms with Crippen LogP contribution in [0.4, 0.5) is 10.1 Å². The Hall–Kier alpha value is -2.40. The lowest BCUT2D eigenvalue weighted by atomic mass is 10.2. The minimum atomic E-state index is -0.311. The van der Waals surface area contributed by atoms with Gasteiger partial charge in [-0.15, -0.1) is 0 Å². The van der Waals surface area contributed by atoms with E-state index in [-0.39, 0.29) is 5.82 Å². The summed E-state index contributed by atoms with van der Waals surface area (Å²) in [5.41, 5.74) is 2.38. The summed E-state index contributed by atoms with van der Waals surface area (Å²) in [5.74, 6) is -0.311. The van der Waals surface area contributed by atoms with E-state index in [0.29, 0.717) is 17.1 Å². The van der Waals surface area contributed by atoms with Gasteiger partial charge in [-0.05, 0) is 36.4 Å². The lowest BCUT2D eigenvalue weighted by Crippen LogP contribution is -2.02. The van der Waals surface area contributed by atoms with Crippen LogP contribution in [-0.2, 0) is 6.54 Å². The molecule has 0 saturated carbocycles. The summed E-state index contributed by atoms with van der Waals surface area (Å²) in [6.07, 6.45) is 3.11. The molecule has 1 N–H and O–H groups in total. The quantitative estimate of drug-likeness (QED) is 0.799. The Morgan fingerprint density at radius 3 is 2.62 bits per heavy atom. The monoisotopic (exact) mass is 302 g/mol. The van der Waals surface area contributed by atoms with Gasteiger partial charge in [-0.25, -0.2) is 14.1 Å². The second kappa shape index (κ2) is 5.93. The number of hydrogen-bond donors (Lipinski definition) is 1. The molecule has 1 aromatic heterocycles. The zero-order chi connectivity index (χ0) is 14.7. The van der Waals surface area contributed by atoms with Crippen LogP contribution in [0.3, 0.4) is 0 Å². The maximum atomic E-state index is 13.7. The maximum Gasteiger partial charge on any atom is 0.138 e. The number of anilines is 1. The molecule has 0 radical (unpaired) electrons. The molecule has 0 fully saturated rings. The van der Waals surface area contributed by atoms with Gasteiger partial charge >= 0.3 is 0 Å². The Labute approximate surface area is 126 Å². The topological polar surface area (TPSA) is 42.7 Å². The maximum absolute atomic E-state index is 13.7. The van der Waals surface area contributed by atoms with Crippen molar-refractivity contribution < 1.29 is 4.39 Å². The molecule has 1 heterocycles. The molecule has 0 amide bonds. The van der Waals surface area contributed by atoms with Crippen molar-refractivity contribution in [3.63, 3.8) is 0 Å². The predicted molar refractivity (Wildman–Crippen MR) is 80.1 cm³/mol. The van der Waals surface area contributed by atoms with E-state index >= 15 is 0 Å². The highest BCUT2D eigenvalue weighted by atomic mass is 35.5. The minimum Gasteiger partial charge on any atom is -0.381 e. The molecule has 0 bridgehead atoms. The molecule has 2 aromatic carbocycles. The van der Waals surface area contributed by atoms with Gasteiger partial charge in [0.2, 0.25) is 0 Å². The van der Waals surface area contributed by atoms with Gasteiger partial charge in [0.25, 0.3) is 0 Å². The molecule has 0 saturated heterocycles. The van der Waals surface area contributed by atoms with Gasteiger partial charge in [0, 0.05) is 22.8 Å². The van der Waals surface area contributed by atoms with Crippen LogP contribution in [0.15, 0.2) is 55.1 Å². The molecule has 21 heavy (non-hydrogen) atoms. The zero-order valence-electron chi connectivity index (χ0n) is 11.0. The first-order valence-corrected chi connectivity index (χ1v) is 6.73. The molecule has 0 aliphatic carbocycles. The summed E-state index contributed by atoms with van der Waals surface area (Å²) < 4.78 is 15.3. The van der Waals surface area contributed by atoms with Crippen LogP contribution in [0.2, 0.25) is 5.02 Å². The first kappa shape index (κ1) is 13.6. The van der Waals surface area contributed by atoms with Gasteiger partial charge in [-0.2, -0.15) is 5.10 Å². The summed E-state index contributed by atoms with van der Waals surface area (Å²) in [6, 6.07) is 12.3. The fraction of sp³-hybridized carbons (Fsp3) is 0.0667. The second-order valence-electron chi connectivity index (χ2n) is 4.48. The average molecular weight is 303 g/mol. The number of hydrogen-bond acceptors (Lipinski definition) is 3. The molecule has 0 spiro atoms. The summed E-state index contributed by atoms with van der Waals surface area (Å²) in [4.78, 5) is 3.90. The predicted octanol–water partition coefficient (Wildman–Crippen LogP) is 3.67. The molecule has 106 valence electrons. The number of nitrogens with one attached hydrogen (secondary N) is 1. The smallest absolute Gasteiger partial charge is 0.138 e. The fourth-order valence-electron chi connectivity index (χ4n) is 1.94. The summed E-state index contributed by atoms with van der Waals surface area (Å²) in [5, 5.41) is 7.61. The van der Waals surface area contributed by atoms with E-state index in [9.17, 15) is 4.39 Å². The van der Waals surface area contributed by atoms with Crippen LogP contribution in [0.1, 0.15) is 5.56 Å². The molecule has 0 aliphatic heterocycles. The van der Waals surface area contributed by atoms with Crippen molar-refractivity contribution in [2.24, 2.45) is 0 Å². The second-order valence-corrected chi connectivity index (χ2v) is 4.91. The highest BCUT2D eigenvalue weighted by Crippen LogP contribution is 2.17. The van der Waals surface area contributed by atoms with Crippen LogP contribution in [0.5, 0.6) is 0 Å². The standard InChI is InChI=1S/C15H12ClFN4/c16-12-2-1-11(15(17)7-12)8-19-13-3-5-14(6-4-13)21-10-18-9-20-21/h1-7,9-10,19H,8H2. The zero-order valence-corrected chi connectivity index (χ0v) is 11.8. The van der Waals surface area contributed by atoms with Crippen molar-refractivity contribution in [1.82, 2.24) is 14.8 Å². The largest absolute Gasteiger partial charge is 0.381 e. The highest BCUT2D eigenvalue weighted by Gasteiger charge is 2.03. The Kier molecular flexibility index (Phi) is 3.83. The molecule has 0 atom stereocenters. The molecular formula is C15H12ClFN4. The first-order chi connectivity index (χ1) is 10.2. The number of nitrogens with zero attached hydrogens (tertiary/aromatic N) is 3. The minimum absolute atomic E-state index is 0.311. The number of aromatic nitrogens is 3. The molecule has 3 rings (SSSR count). The van der Waals surface area contributed by atoms with Crippen LogP contribution < -0.4 is 5.32 Å². The van der Waals surface area contributed by atoms with Crippen LogP contribution >= 0.6 is 11.6 Å². The lowest BCUT2D eigenvalue weighted by molar-refractivity contribution is 0.613. The number of rotatable bonds is 4. The fourth-order valence-corrected chi connectivity index (χ4v) is 2.09. The van der Waals surface area contributed by atoms with E-state index in [1.807, 2.05) is 24.3 Å². The third-order valence-corrected chi connectivity index (χ3v) is 3.28. The van der Waals surface area contributed by atoms with Gasteiger partial charge < -0.3 is 5.32 Å². The summed E-state index contributed by atoms with van der Waals surface area (Å²) in [7, 11) is 0. The Morgan fingerprint density at radius 2 is 1.95 bits per heavy atom. The lowest BCUT2D eigenvalue weighted by Gasteiger charge is -2.08. The van der Waals surface area contributed by atoms with Crippen molar-refractivity contribution in [3.05, 3.63) is 71.5 Å². The average Bonchev–Trinajstić information content (AvgIpc) is 3.01. The van der Waals surface area contributed by atoms with Crippen LogP contribution in [-0.4, -0.2) is 14.8 Å². The Bertz CT molecular complexity index is 726. The normalized spacial score (nSPS) is 10.6. The highest BCUT2D eigenvalue weighted by molar-refractivity contribution is 6.30. The number of halogens is 2. The van der Waals surface area contributed by atoms with Crippen LogP contribution in [0, 0.1) is 5.82 Å². The van der Waals surface area contributed by atoms with Gasteiger partial charge in [-0.1, -0.05) is 17.7 Å². The van der Waals surface area contributed by atoms with Crippen molar-refractivity contribution in [1.29, 1.82) is 0 Å². The van der Waals surface area contributed by atoms with E-state index in [0.717, 1.165) is 11.4 Å². The Morgan fingerprint density at radius 1 is 1.14 bits per heavy atom. The van der Waals surface area contributed by atoms with Gasteiger partial charge in [-0.3, -0.25) is 0 Å². The van der Waals surface area contributed by atoms with E-state index in [1.165, 1.54) is 12.4 Å². The van der Waals surface area contributed by atoms with Gasteiger partial charge in [0.05, 0.1) is 5.69 Å². The van der Waals surface area contributed by atoms with Crippen molar-refractivity contribution >= 4 is 17.3 Å². The molecule has 0 unspecified atom stereocenters. The van der Waals surface area contributed by atoms with Gasteiger partial charge in [0.1, 0.15) is 18.5 Å². The molecule has 6 heteroatoms. The summed E-state index contributed by atoms with van der Waals surface area (Å²) in [6.45, 7) is 0.395. The van der Waals surface area contributed by atoms with Crippen molar-refractivity contribution in [2.45, 2.75) is 6.54 Å². The van der Waals surface area contributed by atoms with E-state index in [2.05, 4.69) is 15.4 Å². The van der Waals surface area contributed by atoms with E-state index in [4.69, 9.17) is 11.6 Å². The van der Waals surface area contributed by atoms with Crippen molar-refractivity contribution in [3.8, 4) is 5.69 Å². The molecule has 4 nitrogen and oxygen atoms in total. The van der Waals surface area contributed by atoms with Gasteiger partial charge in [0.15, 0.2) is 0 Å². The third-order valence-electron chi connectivity index (χ3n) is 3.05. The van der Waals surface area contributed by atoms with Crippen molar-refractivity contribution in [2.75, 3.05) is 5.32 Å². The summed E-state index contributed by atoms with van der Waals surface area (Å²) >= 11 is 5.73. The SMILES string of the molecule is Fc1cc(Cl)ccc1CNc1ccc(-n2cncn2)cc1. The molecular weight excluding hydrogens is 291 g/mol. The third kappa shape index (κ3) is 3.20. The van der Waals surface area contributed by atoms with E-state index in [1.54, 1.807) is 23.1 Å². The first-order valence-electron chi connectivity index (χ1n) is 6.35. The number of benzene rings is 2. The molecule has 0 aliphatic rings. The Balaban J connectivity index is 1.68.